The molecule has 0 radical (unpaired) electrons. The van der Waals surface area contributed by atoms with E-state index in [1.165, 1.54) is 13.8 Å². The van der Waals surface area contributed by atoms with E-state index >= 15 is 0 Å². The summed E-state index contributed by atoms with van der Waals surface area (Å²) in [6.07, 6.45) is -6.15. The number of methoxy groups -OCH3 is 1. The Morgan fingerprint density at radius 1 is 1.23 bits per heavy atom. The Labute approximate surface area is 169 Å². The fraction of sp³-hybridized carbons (Fsp3) is 0.500. The maximum Gasteiger partial charge on any atom is 0.417 e. The summed E-state index contributed by atoms with van der Waals surface area (Å²) < 4.78 is 80.3. The minimum atomic E-state index is -4.77. The predicted octanol–water partition coefficient (Wildman–Crippen LogP) is 4.49. The first kappa shape index (κ1) is 22.2. The summed E-state index contributed by atoms with van der Waals surface area (Å²) in [5.74, 6) is -5.53. The van der Waals surface area contributed by atoms with Crippen LogP contribution in [0.5, 0.6) is 5.75 Å². The molecular weight excluding hydrogens is 411 g/mol. The Kier molecular flexibility index (Phi) is 5.43. The number of H-pyrrole nitrogens is 1. The smallest absolute Gasteiger partial charge is 0.417 e. The second kappa shape index (κ2) is 7.33. The Morgan fingerprint density at radius 3 is 2.40 bits per heavy atom. The number of aryl methyl sites for hydroxylation is 1. The average molecular weight is 432 g/mol. The molecule has 2 heterocycles. The number of nitrogens with zero attached hydrogens (tertiary/aromatic N) is 1. The molecule has 1 fully saturated rings. The Morgan fingerprint density at radius 2 is 1.87 bits per heavy atom. The fourth-order valence-corrected chi connectivity index (χ4v) is 3.85. The van der Waals surface area contributed by atoms with Crippen molar-refractivity contribution in [2.24, 2.45) is 5.92 Å². The molecule has 1 aromatic heterocycles. The average Bonchev–Trinajstić information content (AvgIpc) is 2.94. The first-order valence-electron chi connectivity index (χ1n) is 9.17. The summed E-state index contributed by atoms with van der Waals surface area (Å²) in [6, 6.07) is 1.98. The van der Waals surface area contributed by atoms with E-state index in [4.69, 9.17) is 9.47 Å². The second-order valence-corrected chi connectivity index (χ2v) is 7.60. The molecule has 5 nitrogen and oxygen atoms in total. The SMILES string of the molecule is COc1c([C@H]2C(c3nc(C)c(C)c(=O)[nH]3)O[C@@](C)(C(F)(F)F)[C@H]2C)ccc(F)c1F. The van der Waals surface area contributed by atoms with Crippen molar-refractivity contribution in [3.05, 3.63) is 56.8 Å². The van der Waals surface area contributed by atoms with Crippen molar-refractivity contribution < 1.29 is 31.4 Å². The lowest BCUT2D eigenvalue weighted by atomic mass is 9.77. The van der Waals surface area contributed by atoms with Crippen molar-refractivity contribution in [3.8, 4) is 5.75 Å². The van der Waals surface area contributed by atoms with Gasteiger partial charge >= 0.3 is 6.18 Å². The van der Waals surface area contributed by atoms with Crippen LogP contribution >= 0.6 is 0 Å². The number of benzene rings is 1. The highest BCUT2D eigenvalue weighted by Gasteiger charge is 2.65. The first-order valence-corrected chi connectivity index (χ1v) is 9.17. The van der Waals surface area contributed by atoms with E-state index in [1.807, 2.05) is 0 Å². The minimum Gasteiger partial charge on any atom is -0.493 e. The Bertz CT molecular complexity index is 1040. The highest BCUT2D eigenvalue weighted by atomic mass is 19.4. The number of hydrogen-bond acceptors (Lipinski definition) is 4. The highest BCUT2D eigenvalue weighted by molar-refractivity contribution is 5.41. The van der Waals surface area contributed by atoms with E-state index in [-0.39, 0.29) is 11.4 Å². The van der Waals surface area contributed by atoms with E-state index < -0.39 is 52.7 Å². The van der Waals surface area contributed by atoms with Gasteiger partial charge in [-0.05, 0) is 26.8 Å². The van der Waals surface area contributed by atoms with Crippen LogP contribution in [0, 0.1) is 31.4 Å². The molecule has 0 saturated carbocycles. The van der Waals surface area contributed by atoms with Crippen LogP contribution in [0.1, 0.15) is 48.5 Å². The van der Waals surface area contributed by atoms with Crippen molar-refractivity contribution in [2.45, 2.75) is 51.5 Å². The molecular formula is C20H21F5N2O3. The third-order valence-electron chi connectivity index (χ3n) is 5.99. The molecule has 1 aliphatic heterocycles. The van der Waals surface area contributed by atoms with Crippen LogP contribution in [0.15, 0.2) is 16.9 Å². The summed E-state index contributed by atoms with van der Waals surface area (Å²) in [6.45, 7) is 5.26. The number of nitrogens with one attached hydrogen (secondary N) is 1. The van der Waals surface area contributed by atoms with Crippen LogP contribution in [0.25, 0.3) is 0 Å². The third kappa shape index (κ3) is 3.27. The molecule has 4 atom stereocenters. The number of aromatic nitrogens is 2. The van der Waals surface area contributed by atoms with E-state index in [0.717, 1.165) is 26.2 Å². The van der Waals surface area contributed by atoms with Crippen LogP contribution in [-0.4, -0.2) is 28.9 Å². The van der Waals surface area contributed by atoms with Gasteiger partial charge in [-0.3, -0.25) is 4.79 Å². The van der Waals surface area contributed by atoms with Gasteiger partial charge in [0.2, 0.25) is 5.82 Å². The van der Waals surface area contributed by atoms with Crippen molar-refractivity contribution in [1.82, 2.24) is 9.97 Å². The molecule has 1 aromatic carbocycles. The largest absolute Gasteiger partial charge is 0.493 e. The van der Waals surface area contributed by atoms with Crippen molar-refractivity contribution in [1.29, 1.82) is 0 Å². The zero-order valence-electron chi connectivity index (χ0n) is 16.9. The summed E-state index contributed by atoms with van der Waals surface area (Å²) in [5.41, 5.74) is -2.53. The van der Waals surface area contributed by atoms with E-state index in [0.29, 0.717) is 11.3 Å². The van der Waals surface area contributed by atoms with Crippen LogP contribution in [0.4, 0.5) is 22.0 Å². The lowest BCUT2D eigenvalue weighted by Crippen LogP contribution is -2.46. The third-order valence-corrected chi connectivity index (χ3v) is 5.99. The molecule has 0 spiro atoms. The summed E-state index contributed by atoms with van der Waals surface area (Å²) in [4.78, 5) is 18.9. The van der Waals surface area contributed by atoms with Crippen LogP contribution < -0.4 is 10.3 Å². The topological polar surface area (TPSA) is 64.2 Å². The van der Waals surface area contributed by atoms with Gasteiger partial charge in [0, 0.05) is 28.7 Å². The molecule has 3 rings (SSSR count). The normalized spacial score (nSPS) is 26.8. The predicted molar refractivity (Wildman–Crippen MR) is 97.4 cm³/mol. The maximum absolute atomic E-state index is 14.3. The monoisotopic (exact) mass is 432 g/mol. The summed E-state index contributed by atoms with van der Waals surface area (Å²) in [7, 11) is 1.09. The molecule has 1 N–H and O–H groups in total. The number of aromatic amines is 1. The zero-order valence-corrected chi connectivity index (χ0v) is 16.9. The van der Waals surface area contributed by atoms with Gasteiger partial charge in [-0.15, -0.1) is 0 Å². The zero-order chi connectivity index (χ0) is 22.6. The number of alkyl halides is 3. The summed E-state index contributed by atoms with van der Waals surface area (Å²) >= 11 is 0. The minimum absolute atomic E-state index is 0.0113. The molecule has 164 valence electrons. The standard InChI is InChI=1S/C20H21F5N2O3/c1-8-10(3)26-17(27-18(8)28)16-13(9(2)19(4,30-16)20(23,24)25)11-6-7-12(21)14(22)15(11)29-5/h6-7,9,13,16H,1-5H3,(H,26,27,28)/t9-,13-,16?,19+/m0/s1. The molecule has 0 bridgehead atoms. The van der Waals surface area contributed by atoms with Gasteiger partial charge in [-0.2, -0.15) is 17.6 Å². The van der Waals surface area contributed by atoms with Crippen LogP contribution in [-0.2, 0) is 4.74 Å². The first-order chi connectivity index (χ1) is 13.8. The highest BCUT2D eigenvalue weighted by Crippen LogP contribution is 2.59. The number of rotatable bonds is 3. The van der Waals surface area contributed by atoms with Gasteiger partial charge in [0.25, 0.3) is 5.56 Å². The molecule has 1 aliphatic rings. The molecule has 2 aromatic rings. The number of halogens is 5. The molecule has 0 amide bonds. The van der Waals surface area contributed by atoms with Gasteiger partial charge in [0.15, 0.2) is 17.2 Å². The molecule has 30 heavy (non-hydrogen) atoms. The Balaban J connectivity index is 2.27. The Hall–Kier alpha value is -2.49. The van der Waals surface area contributed by atoms with Gasteiger partial charge in [0.1, 0.15) is 11.9 Å². The molecule has 1 saturated heterocycles. The number of ether oxygens (including phenoxy) is 2. The van der Waals surface area contributed by atoms with Crippen molar-refractivity contribution >= 4 is 0 Å². The molecule has 10 heteroatoms. The number of hydrogen-bond donors (Lipinski definition) is 1. The van der Waals surface area contributed by atoms with Crippen LogP contribution in [0.2, 0.25) is 0 Å². The second-order valence-electron chi connectivity index (χ2n) is 7.60. The van der Waals surface area contributed by atoms with Crippen LogP contribution in [0.3, 0.4) is 0 Å². The van der Waals surface area contributed by atoms with E-state index in [2.05, 4.69) is 9.97 Å². The van der Waals surface area contributed by atoms with E-state index in [9.17, 15) is 26.7 Å². The fourth-order valence-electron chi connectivity index (χ4n) is 3.85. The maximum atomic E-state index is 14.3. The summed E-state index contributed by atoms with van der Waals surface area (Å²) in [5, 5.41) is 0. The van der Waals surface area contributed by atoms with Gasteiger partial charge in [0.05, 0.1) is 7.11 Å². The quantitative estimate of drug-likeness (QED) is 0.727. The molecule has 1 unspecified atom stereocenters. The lowest BCUT2D eigenvalue weighted by molar-refractivity contribution is -0.275. The van der Waals surface area contributed by atoms with Crippen molar-refractivity contribution in [2.75, 3.05) is 7.11 Å². The van der Waals surface area contributed by atoms with Crippen molar-refractivity contribution in [3.63, 3.8) is 0 Å². The van der Waals surface area contributed by atoms with Gasteiger partial charge in [-0.1, -0.05) is 13.0 Å². The van der Waals surface area contributed by atoms with E-state index in [1.54, 1.807) is 6.92 Å². The van der Waals surface area contributed by atoms with Gasteiger partial charge < -0.3 is 14.5 Å². The van der Waals surface area contributed by atoms with Gasteiger partial charge in [-0.25, -0.2) is 9.37 Å². The lowest BCUT2D eigenvalue weighted by Gasteiger charge is -2.32. The molecule has 0 aliphatic carbocycles.